The Balaban J connectivity index is 2.41. The maximum Gasteiger partial charge on any atom is 0.460 e. The van der Waals surface area contributed by atoms with E-state index >= 15 is 0 Å². The topological polar surface area (TPSA) is 52.6 Å². The van der Waals surface area contributed by atoms with E-state index in [1.165, 1.54) is 24.3 Å². The SMILES string of the molecule is CC1=C[C@@](O)(C(F)(F)C(F)(F)C(F)(F)F)N(C(=O)Cc2ccccc2)N1. The zero-order chi connectivity index (χ0) is 20.0. The zero-order valence-electron chi connectivity index (χ0n) is 13.1. The Morgan fingerprint density at radius 2 is 1.65 bits per heavy atom. The Labute approximate surface area is 142 Å². The number of carbonyl (C=O) groups is 1. The second-order valence-electron chi connectivity index (χ2n) is 5.70. The van der Waals surface area contributed by atoms with E-state index in [1.54, 1.807) is 6.07 Å². The molecule has 1 heterocycles. The molecule has 0 saturated carbocycles. The maximum absolute atomic E-state index is 14.1. The van der Waals surface area contributed by atoms with Crippen molar-refractivity contribution in [1.82, 2.24) is 10.4 Å². The van der Waals surface area contributed by atoms with Gasteiger partial charge in [-0.25, -0.2) is 5.01 Å². The van der Waals surface area contributed by atoms with Gasteiger partial charge in [-0.1, -0.05) is 30.3 Å². The van der Waals surface area contributed by atoms with Crippen LogP contribution in [0.25, 0.3) is 0 Å². The van der Waals surface area contributed by atoms with Crippen molar-refractivity contribution >= 4 is 5.91 Å². The van der Waals surface area contributed by atoms with Gasteiger partial charge in [-0.15, -0.1) is 0 Å². The van der Waals surface area contributed by atoms with E-state index in [2.05, 4.69) is 0 Å². The summed E-state index contributed by atoms with van der Waals surface area (Å²) in [7, 11) is 0. The molecule has 2 rings (SSSR count). The van der Waals surface area contributed by atoms with Gasteiger partial charge in [-0.05, 0) is 18.6 Å². The van der Waals surface area contributed by atoms with Crippen LogP contribution in [0.15, 0.2) is 42.1 Å². The molecule has 1 amide bonds. The monoisotopic (exact) mass is 386 g/mol. The molecule has 2 N–H and O–H groups in total. The molecule has 11 heteroatoms. The normalized spacial score (nSPS) is 21.4. The first-order valence-electron chi connectivity index (χ1n) is 7.12. The maximum atomic E-state index is 14.1. The Kier molecular flexibility index (Phi) is 4.73. The number of nitrogens with zero attached hydrogens (tertiary/aromatic N) is 1. The molecule has 144 valence electrons. The number of aliphatic hydroxyl groups is 1. The van der Waals surface area contributed by atoms with Crippen LogP contribution in [0.2, 0.25) is 0 Å². The van der Waals surface area contributed by atoms with Gasteiger partial charge in [-0.2, -0.15) is 30.7 Å². The molecule has 0 radical (unpaired) electrons. The standard InChI is InChI=1S/C15H13F7N2O2/c1-9-8-12(26,13(16,17)14(18,19)15(20,21)22)24(23-9)11(25)7-10-5-3-2-4-6-10/h2-6,8,23,26H,7H2,1H3/t12-/m1/s1. The molecular weight excluding hydrogens is 373 g/mol. The molecule has 1 aliphatic heterocycles. The summed E-state index contributed by atoms with van der Waals surface area (Å²) >= 11 is 0. The van der Waals surface area contributed by atoms with Crippen molar-refractivity contribution in [3.8, 4) is 0 Å². The van der Waals surface area contributed by atoms with E-state index in [0.29, 0.717) is 0 Å². The summed E-state index contributed by atoms with van der Waals surface area (Å²) < 4.78 is 92.3. The molecule has 1 aromatic carbocycles. The minimum absolute atomic E-state index is 0.0511. The summed E-state index contributed by atoms with van der Waals surface area (Å²) in [5.74, 6) is -14.0. The fraction of sp³-hybridized carbons (Fsp3) is 0.400. The molecule has 1 aromatic rings. The van der Waals surface area contributed by atoms with Gasteiger partial charge in [0.15, 0.2) is 0 Å². The van der Waals surface area contributed by atoms with Crippen molar-refractivity contribution in [2.45, 2.75) is 37.1 Å². The van der Waals surface area contributed by atoms with Crippen molar-refractivity contribution in [2.75, 3.05) is 0 Å². The number of hydrazine groups is 1. The van der Waals surface area contributed by atoms with Gasteiger partial charge in [0.25, 0.3) is 5.72 Å². The van der Waals surface area contributed by atoms with Crippen LogP contribution < -0.4 is 5.43 Å². The lowest BCUT2D eigenvalue weighted by atomic mass is 9.97. The van der Waals surface area contributed by atoms with Crippen LogP contribution in [0.4, 0.5) is 30.7 Å². The Morgan fingerprint density at radius 1 is 1.12 bits per heavy atom. The van der Waals surface area contributed by atoms with Gasteiger partial charge < -0.3 is 5.11 Å². The third-order valence-corrected chi connectivity index (χ3v) is 3.71. The molecular formula is C15H13F7N2O2. The van der Waals surface area contributed by atoms with Gasteiger partial charge >= 0.3 is 18.0 Å². The number of rotatable bonds is 4. The third-order valence-electron chi connectivity index (χ3n) is 3.71. The van der Waals surface area contributed by atoms with Crippen LogP contribution in [0.5, 0.6) is 0 Å². The molecule has 1 aliphatic rings. The first kappa shape index (κ1) is 20.0. The number of benzene rings is 1. The van der Waals surface area contributed by atoms with Crippen molar-refractivity contribution in [3.63, 3.8) is 0 Å². The van der Waals surface area contributed by atoms with E-state index in [-0.39, 0.29) is 16.6 Å². The second-order valence-corrected chi connectivity index (χ2v) is 5.70. The van der Waals surface area contributed by atoms with Crippen LogP contribution in [0, 0.1) is 0 Å². The quantitative estimate of drug-likeness (QED) is 0.783. The van der Waals surface area contributed by atoms with Crippen LogP contribution in [-0.4, -0.2) is 39.8 Å². The number of amides is 1. The summed E-state index contributed by atoms with van der Waals surface area (Å²) in [5, 5.41) is 9.72. The van der Waals surface area contributed by atoms with Gasteiger partial charge in [0, 0.05) is 5.70 Å². The molecule has 0 fully saturated rings. The average molecular weight is 386 g/mol. The number of allylic oxidation sites excluding steroid dienone is 1. The van der Waals surface area contributed by atoms with Crippen molar-refractivity contribution in [3.05, 3.63) is 47.7 Å². The fourth-order valence-corrected chi connectivity index (χ4v) is 2.40. The molecule has 0 aliphatic carbocycles. The summed E-state index contributed by atoms with van der Waals surface area (Å²) in [6, 6.07) is 7.41. The van der Waals surface area contributed by atoms with Gasteiger partial charge in [0.2, 0.25) is 5.91 Å². The number of carbonyl (C=O) groups excluding carboxylic acids is 1. The van der Waals surface area contributed by atoms with Gasteiger partial charge in [0.1, 0.15) is 0 Å². The van der Waals surface area contributed by atoms with Crippen LogP contribution in [0.1, 0.15) is 12.5 Å². The highest BCUT2D eigenvalue weighted by Crippen LogP contribution is 2.53. The summed E-state index contributed by atoms with van der Waals surface area (Å²) in [6.45, 7) is 1.02. The summed E-state index contributed by atoms with van der Waals surface area (Å²) in [6.07, 6.45) is -7.22. The first-order valence-corrected chi connectivity index (χ1v) is 7.12. The van der Waals surface area contributed by atoms with Crippen LogP contribution >= 0.6 is 0 Å². The zero-order valence-corrected chi connectivity index (χ0v) is 13.1. The second kappa shape index (κ2) is 6.15. The van der Waals surface area contributed by atoms with E-state index in [1.807, 2.05) is 5.43 Å². The fourth-order valence-electron chi connectivity index (χ4n) is 2.40. The van der Waals surface area contributed by atoms with Crippen LogP contribution in [0.3, 0.4) is 0 Å². The number of alkyl halides is 7. The van der Waals surface area contributed by atoms with E-state index in [9.17, 15) is 40.6 Å². The molecule has 0 unspecified atom stereocenters. The molecule has 0 saturated heterocycles. The van der Waals surface area contributed by atoms with E-state index in [0.717, 1.165) is 6.92 Å². The molecule has 0 bridgehead atoms. The average Bonchev–Trinajstić information content (AvgIpc) is 2.83. The molecule has 26 heavy (non-hydrogen) atoms. The van der Waals surface area contributed by atoms with E-state index < -0.39 is 41.8 Å². The molecule has 1 atom stereocenters. The third kappa shape index (κ3) is 3.00. The van der Waals surface area contributed by atoms with Crippen LogP contribution in [-0.2, 0) is 11.2 Å². The van der Waals surface area contributed by atoms with Crippen molar-refractivity contribution in [1.29, 1.82) is 0 Å². The number of hydrogen-bond donors (Lipinski definition) is 2. The lowest BCUT2D eigenvalue weighted by molar-refractivity contribution is -0.395. The Bertz CT molecular complexity index is 718. The first-order chi connectivity index (χ1) is 11.7. The molecule has 0 aromatic heterocycles. The summed E-state index contributed by atoms with van der Waals surface area (Å²) in [4.78, 5) is 12.2. The van der Waals surface area contributed by atoms with Crippen molar-refractivity contribution in [2.24, 2.45) is 0 Å². The smallest absolute Gasteiger partial charge is 0.361 e. The highest BCUT2D eigenvalue weighted by molar-refractivity contribution is 5.80. The van der Waals surface area contributed by atoms with Gasteiger partial charge in [0.05, 0.1) is 6.42 Å². The molecule has 4 nitrogen and oxygen atoms in total. The minimum atomic E-state index is -6.65. The van der Waals surface area contributed by atoms with E-state index in [4.69, 9.17) is 0 Å². The largest absolute Gasteiger partial charge is 0.460 e. The minimum Gasteiger partial charge on any atom is -0.361 e. The predicted molar refractivity (Wildman–Crippen MR) is 74.8 cm³/mol. The number of hydrogen-bond acceptors (Lipinski definition) is 3. The Morgan fingerprint density at radius 3 is 2.15 bits per heavy atom. The summed E-state index contributed by atoms with van der Waals surface area (Å²) in [5.41, 5.74) is -2.43. The van der Waals surface area contributed by atoms with Crippen molar-refractivity contribution < 1.29 is 40.6 Å². The van der Waals surface area contributed by atoms with Gasteiger partial charge in [-0.3, -0.25) is 10.2 Å². The number of halogens is 7. The Hall–Kier alpha value is -2.30. The predicted octanol–water partition coefficient (Wildman–Crippen LogP) is 3.00. The lowest BCUT2D eigenvalue weighted by Gasteiger charge is -2.41. The molecule has 0 spiro atoms. The number of nitrogens with one attached hydrogen (secondary N) is 1. The highest BCUT2D eigenvalue weighted by atomic mass is 19.4. The lowest BCUT2D eigenvalue weighted by Crippen LogP contribution is -2.70. The highest BCUT2D eigenvalue weighted by Gasteiger charge is 2.81.